The molecule has 0 aliphatic heterocycles. The third-order valence-corrected chi connectivity index (χ3v) is 3.67. The molecule has 0 bridgehead atoms. The van der Waals surface area contributed by atoms with Crippen LogP contribution in [0.15, 0.2) is 30.6 Å². The van der Waals surface area contributed by atoms with E-state index in [1.54, 1.807) is 18.3 Å². The summed E-state index contributed by atoms with van der Waals surface area (Å²) < 4.78 is 0. The Morgan fingerprint density at radius 3 is 2.57 bits per heavy atom. The molecule has 1 heterocycles. The number of aliphatic hydroxyl groups excluding tert-OH is 2. The van der Waals surface area contributed by atoms with Gasteiger partial charge in [-0.05, 0) is 18.6 Å². The molecule has 1 aromatic heterocycles. The first kappa shape index (κ1) is 15.1. The van der Waals surface area contributed by atoms with E-state index >= 15 is 0 Å². The maximum Gasteiger partial charge on any atom is 0.278 e. The van der Waals surface area contributed by atoms with Crippen molar-refractivity contribution in [2.45, 2.75) is 18.9 Å². The molecule has 0 aliphatic rings. The first-order chi connectivity index (χ1) is 10.1. The minimum absolute atomic E-state index is 0.0289. The van der Waals surface area contributed by atoms with Gasteiger partial charge in [-0.25, -0.2) is 0 Å². The van der Waals surface area contributed by atoms with Crippen molar-refractivity contribution in [3.63, 3.8) is 0 Å². The SMILES string of the molecule is CCC(CO)(CO)Nc1ccc([N+](=O)[O-])c2cnccc12. The van der Waals surface area contributed by atoms with Crippen molar-refractivity contribution in [2.24, 2.45) is 0 Å². The molecule has 0 amide bonds. The molecule has 0 radical (unpaired) electrons. The second kappa shape index (κ2) is 6.02. The molecule has 1 aromatic carbocycles. The zero-order chi connectivity index (χ0) is 15.5. The molecule has 0 fully saturated rings. The van der Waals surface area contributed by atoms with Crippen molar-refractivity contribution in [1.29, 1.82) is 0 Å². The highest BCUT2D eigenvalue weighted by Gasteiger charge is 2.27. The number of hydrogen-bond acceptors (Lipinski definition) is 6. The number of nitro groups is 1. The highest BCUT2D eigenvalue weighted by atomic mass is 16.6. The van der Waals surface area contributed by atoms with Crippen molar-refractivity contribution in [3.8, 4) is 0 Å². The van der Waals surface area contributed by atoms with E-state index in [2.05, 4.69) is 10.3 Å². The molecular weight excluding hydrogens is 274 g/mol. The van der Waals surface area contributed by atoms with Crippen LogP contribution < -0.4 is 5.32 Å². The summed E-state index contributed by atoms with van der Waals surface area (Å²) in [5.41, 5.74) is -0.284. The molecule has 2 rings (SSSR count). The lowest BCUT2D eigenvalue weighted by Gasteiger charge is -2.31. The molecule has 2 aromatic rings. The van der Waals surface area contributed by atoms with Crippen LogP contribution >= 0.6 is 0 Å². The number of aliphatic hydroxyl groups is 2. The van der Waals surface area contributed by atoms with E-state index in [0.29, 0.717) is 22.9 Å². The van der Waals surface area contributed by atoms with Crippen molar-refractivity contribution in [1.82, 2.24) is 4.98 Å². The fraction of sp³-hybridized carbons (Fsp3) is 0.357. The van der Waals surface area contributed by atoms with Gasteiger partial charge in [-0.2, -0.15) is 0 Å². The predicted molar refractivity (Wildman–Crippen MR) is 79.2 cm³/mol. The van der Waals surface area contributed by atoms with E-state index < -0.39 is 10.5 Å². The smallest absolute Gasteiger partial charge is 0.278 e. The number of benzene rings is 1. The van der Waals surface area contributed by atoms with Crippen LogP contribution in [-0.4, -0.2) is 38.9 Å². The van der Waals surface area contributed by atoms with Crippen molar-refractivity contribution in [2.75, 3.05) is 18.5 Å². The highest BCUT2D eigenvalue weighted by molar-refractivity contribution is 5.99. The van der Waals surface area contributed by atoms with Gasteiger partial charge in [-0.15, -0.1) is 0 Å². The van der Waals surface area contributed by atoms with Crippen LogP contribution in [0.25, 0.3) is 10.8 Å². The lowest BCUT2D eigenvalue weighted by atomic mass is 9.97. The zero-order valence-electron chi connectivity index (χ0n) is 11.6. The van der Waals surface area contributed by atoms with Gasteiger partial charge in [0.25, 0.3) is 5.69 Å². The number of fused-ring (bicyclic) bond motifs is 1. The molecule has 0 atom stereocenters. The molecule has 0 spiro atoms. The van der Waals surface area contributed by atoms with E-state index in [1.807, 2.05) is 6.92 Å². The van der Waals surface area contributed by atoms with Crippen molar-refractivity contribution < 1.29 is 15.1 Å². The third kappa shape index (κ3) is 2.79. The quantitative estimate of drug-likeness (QED) is 0.552. The molecule has 7 heteroatoms. The number of non-ortho nitro benzene ring substituents is 1. The van der Waals surface area contributed by atoms with E-state index in [0.717, 1.165) is 0 Å². The summed E-state index contributed by atoms with van der Waals surface area (Å²) in [7, 11) is 0. The first-order valence-electron chi connectivity index (χ1n) is 6.58. The van der Waals surface area contributed by atoms with E-state index in [4.69, 9.17) is 0 Å². The molecule has 7 nitrogen and oxygen atoms in total. The number of pyridine rings is 1. The molecule has 112 valence electrons. The molecule has 0 saturated carbocycles. The van der Waals surface area contributed by atoms with Gasteiger partial charge in [-0.3, -0.25) is 15.1 Å². The van der Waals surface area contributed by atoms with Gasteiger partial charge in [0.05, 0.1) is 29.1 Å². The van der Waals surface area contributed by atoms with Gasteiger partial charge in [0.1, 0.15) is 0 Å². The van der Waals surface area contributed by atoms with Gasteiger partial charge in [-0.1, -0.05) is 6.92 Å². The number of nitrogens with one attached hydrogen (secondary N) is 1. The van der Waals surface area contributed by atoms with Crippen LogP contribution in [0.4, 0.5) is 11.4 Å². The van der Waals surface area contributed by atoms with Gasteiger partial charge in [0.15, 0.2) is 0 Å². The standard InChI is InChI=1S/C14H17N3O4/c1-2-14(8-18,9-19)16-12-3-4-13(17(20)21)11-7-15-6-5-10(11)12/h3-7,16,18-19H,2,8-9H2,1H3. The average Bonchev–Trinajstić information content (AvgIpc) is 2.52. The Labute approximate surface area is 121 Å². The largest absolute Gasteiger partial charge is 0.394 e. The molecular formula is C14H17N3O4. The monoisotopic (exact) mass is 291 g/mol. The van der Waals surface area contributed by atoms with Crippen LogP contribution in [0.1, 0.15) is 13.3 Å². The minimum Gasteiger partial charge on any atom is -0.394 e. The summed E-state index contributed by atoms with van der Waals surface area (Å²) in [6.07, 6.45) is 3.48. The zero-order valence-corrected chi connectivity index (χ0v) is 11.6. The Hall–Kier alpha value is -2.25. The van der Waals surface area contributed by atoms with Crippen LogP contribution in [0.5, 0.6) is 0 Å². The Morgan fingerprint density at radius 2 is 2.00 bits per heavy atom. The minimum atomic E-state index is -0.869. The average molecular weight is 291 g/mol. The van der Waals surface area contributed by atoms with Crippen molar-refractivity contribution >= 4 is 22.1 Å². The number of anilines is 1. The number of nitro benzene ring substituents is 1. The lowest BCUT2D eigenvalue weighted by molar-refractivity contribution is -0.383. The summed E-state index contributed by atoms with van der Waals surface area (Å²) in [6.45, 7) is 1.35. The Morgan fingerprint density at radius 1 is 1.29 bits per heavy atom. The number of rotatable bonds is 6. The van der Waals surface area contributed by atoms with E-state index in [1.165, 1.54) is 12.3 Å². The Bertz CT molecular complexity index is 647. The maximum absolute atomic E-state index is 11.1. The second-order valence-electron chi connectivity index (χ2n) is 4.89. The molecule has 0 aliphatic carbocycles. The Kier molecular flexibility index (Phi) is 4.35. The van der Waals surface area contributed by atoms with Gasteiger partial charge < -0.3 is 15.5 Å². The molecule has 0 saturated heterocycles. The number of hydrogen-bond donors (Lipinski definition) is 3. The van der Waals surface area contributed by atoms with Crippen LogP contribution in [0.3, 0.4) is 0 Å². The maximum atomic E-state index is 11.1. The molecule has 3 N–H and O–H groups in total. The van der Waals surface area contributed by atoms with E-state index in [9.17, 15) is 20.3 Å². The van der Waals surface area contributed by atoms with Crippen molar-refractivity contribution in [3.05, 3.63) is 40.7 Å². The number of aromatic nitrogens is 1. The topological polar surface area (TPSA) is 109 Å². The summed E-state index contributed by atoms with van der Waals surface area (Å²) >= 11 is 0. The Balaban J connectivity index is 2.56. The summed E-state index contributed by atoms with van der Waals surface area (Å²) in [6, 6.07) is 4.64. The van der Waals surface area contributed by atoms with Crippen LogP contribution in [-0.2, 0) is 0 Å². The molecule has 21 heavy (non-hydrogen) atoms. The van der Waals surface area contributed by atoms with Crippen LogP contribution in [0, 0.1) is 10.1 Å². The summed E-state index contributed by atoms with van der Waals surface area (Å²) in [5, 5.41) is 34.2. The summed E-state index contributed by atoms with van der Waals surface area (Å²) in [5.74, 6) is 0. The normalized spacial score (nSPS) is 11.6. The van der Waals surface area contributed by atoms with Gasteiger partial charge >= 0.3 is 0 Å². The fourth-order valence-electron chi connectivity index (χ4n) is 2.17. The molecule has 0 unspecified atom stereocenters. The predicted octanol–water partition coefficient (Wildman–Crippen LogP) is 1.69. The third-order valence-electron chi connectivity index (χ3n) is 3.67. The van der Waals surface area contributed by atoms with Gasteiger partial charge in [0, 0.05) is 29.5 Å². The fourth-order valence-corrected chi connectivity index (χ4v) is 2.17. The summed E-state index contributed by atoms with van der Waals surface area (Å²) in [4.78, 5) is 14.5. The van der Waals surface area contributed by atoms with Crippen LogP contribution in [0.2, 0.25) is 0 Å². The second-order valence-corrected chi connectivity index (χ2v) is 4.89. The first-order valence-corrected chi connectivity index (χ1v) is 6.58. The number of nitrogens with zero attached hydrogens (tertiary/aromatic N) is 2. The lowest BCUT2D eigenvalue weighted by Crippen LogP contribution is -2.45. The highest BCUT2D eigenvalue weighted by Crippen LogP contribution is 2.32. The van der Waals surface area contributed by atoms with E-state index in [-0.39, 0.29) is 18.9 Å². The van der Waals surface area contributed by atoms with Gasteiger partial charge in [0.2, 0.25) is 0 Å².